The van der Waals surface area contributed by atoms with Gasteiger partial charge in [0.05, 0.1) is 0 Å². The van der Waals surface area contributed by atoms with Gasteiger partial charge in [-0.2, -0.15) is 0 Å². The Morgan fingerprint density at radius 1 is 0.903 bits per heavy atom. The summed E-state index contributed by atoms with van der Waals surface area (Å²) in [7, 11) is 1.13. The highest BCUT2D eigenvalue weighted by Crippen LogP contribution is 2.50. The van der Waals surface area contributed by atoms with Crippen LogP contribution in [0.25, 0.3) is 0 Å². The number of carbonyl (C=O) groups is 1. The zero-order valence-electron chi connectivity index (χ0n) is 21.2. The molecule has 1 aliphatic heterocycles. The van der Waals surface area contributed by atoms with Gasteiger partial charge in [-0.15, -0.1) is 0 Å². The van der Waals surface area contributed by atoms with Crippen molar-refractivity contribution in [3.63, 3.8) is 0 Å². The Morgan fingerprint density at radius 3 is 1.84 bits per heavy atom. The number of hydrogen-bond acceptors (Lipinski definition) is 8. The first-order valence-electron chi connectivity index (χ1n) is 11.6. The fourth-order valence-corrected chi connectivity index (χ4v) is 6.90. The van der Waals surface area contributed by atoms with Crippen LogP contribution < -0.4 is 0 Å². The normalized spacial score (nSPS) is 16.9. The van der Waals surface area contributed by atoms with E-state index in [-0.39, 0.29) is 24.6 Å². The van der Waals surface area contributed by atoms with Gasteiger partial charge in [-0.3, -0.25) is 4.79 Å². The van der Waals surface area contributed by atoms with E-state index in [1.165, 1.54) is 11.8 Å². The number of carbonyl (C=O) groups excluding carboxylic acids is 1. The fraction of sp³-hybridized carbons (Fsp3) is 0.955. The first kappa shape index (κ1) is 29.2. The molecule has 0 amide bonds. The lowest BCUT2D eigenvalue weighted by Gasteiger charge is -2.45. The molecule has 0 unspecified atom stereocenters. The molecular weight excluding hydrogens is 433 g/mol. The Labute approximate surface area is 196 Å². The summed E-state index contributed by atoms with van der Waals surface area (Å²) in [6.45, 7) is 20.0. The second kappa shape index (κ2) is 15.2. The van der Waals surface area contributed by atoms with Crippen molar-refractivity contribution in [2.45, 2.75) is 92.4 Å². The first-order valence-corrected chi connectivity index (χ1v) is 13.7. The Bertz CT molecular complexity index is 467. The Kier molecular flexibility index (Phi) is 14.3. The van der Waals surface area contributed by atoms with E-state index >= 15 is 0 Å². The van der Waals surface area contributed by atoms with Crippen LogP contribution in [0.2, 0.25) is 0 Å². The number of piperidine rings is 1. The number of nitrogens with zero attached hydrogens (tertiary/aromatic N) is 3. The largest absolute Gasteiger partial charge is 0.344 e. The predicted molar refractivity (Wildman–Crippen MR) is 132 cm³/mol. The third-order valence-electron chi connectivity index (χ3n) is 5.27. The van der Waals surface area contributed by atoms with Crippen molar-refractivity contribution in [3.8, 4) is 0 Å². The van der Waals surface area contributed by atoms with Gasteiger partial charge in [0.25, 0.3) is 0 Å². The van der Waals surface area contributed by atoms with Crippen LogP contribution in [-0.4, -0.2) is 83.2 Å². The molecule has 0 saturated carbocycles. The number of likely N-dealkylation sites (tertiary alicyclic amines) is 1. The van der Waals surface area contributed by atoms with E-state index in [9.17, 15) is 4.79 Å². The second-order valence-corrected chi connectivity index (χ2v) is 11.9. The zero-order chi connectivity index (χ0) is 23.6. The number of rotatable bonds is 14. The molecule has 0 aromatic carbocycles. The van der Waals surface area contributed by atoms with Gasteiger partial charge in [0.1, 0.15) is 5.94 Å². The summed E-state index contributed by atoms with van der Waals surface area (Å²) >= 11 is 1.26. The van der Waals surface area contributed by atoms with Crippen molar-refractivity contribution >= 4 is 25.3 Å². The van der Waals surface area contributed by atoms with Crippen molar-refractivity contribution in [2.24, 2.45) is 5.92 Å². The van der Waals surface area contributed by atoms with Gasteiger partial charge >= 0.3 is 0 Å². The lowest BCUT2D eigenvalue weighted by Crippen LogP contribution is -2.43. The van der Waals surface area contributed by atoms with E-state index in [4.69, 9.17) is 14.0 Å². The molecule has 9 heteroatoms. The first-order chi connectivity index (χ1) is 14.6. The quantitative estimate of drug-likeness (QED) is 0.197. The summed E-state index contributed by atoms with van der Waals surface area (Å²) in [4.78, 5) is 14.5. The monoisotopic (exact) mass is 479 g/mol. The number of thioether (sulfide) groups is 1. The van der Waals surface area contributed by atoms with Gasteiger partial charge < -0.3 is 18.9 Å². The van der Waals surface area contributed by atoms with Crippen molar-refractivity contribution in [1.29, 1.82) is 0 Å². The van der Waals surface area contributed by atoms with Gasteiger partial charge in [0.2, 0.25) is 0 Å². The van der Waals surface area contributed by atoms with Gasteiger partial charge in [0, 0.05) is 30.1 Å². The zero-order valence-corrected chi connectivity index (χ0v) is 22.9. The van der Waals surface area contributed by atoms with Crippen LogP contribution in [0, 0.1) is 5.92 Å². The molecule has 0 spiro atoms. The standard InChI is InChI=1S/C22H46N3O4PS/c1-17(2)24(18(3)4)30(25(19(5)6)20(7)8)29-15-27-14-28-16-31-22(26)21-10-12-23(9)13-11-21/h17-21H,10-16H2,1-9H3. The minimum Gasteiger partial charge on any atom is -0.344 e. The van der Waals surface area contributed by atoms with E-state index < -0.39 is 8.45 Å². The van der Waals surface area contributed by atoms with Gasteiger partial charge in [0.15, 0.2) is 27.2 Å². The maximum Gasteiger partial charge on any atom is 0.194 e. The summed E-state index contributed by atoms with van der Waals surface area (Å²) < 4.78 is 22.3. The van der Waals surface area contributed by atoms with Crippen LogP contribution in [-0.2, 0) is 18.8 Å². The molecule has 7 nitrogen and oxygen atoms in total. The fourth-order valence-electron chi connectivity index (χ4n) is 3.91. The molecule has 1 aliphatic rings. The summed E-state index contributed by atoms with van der Waals surface area (Å²) in [5.41, 5.74) is 0. The van der Waals surface area contributed by atoms with Gasteiger partial charge in [-0.25, -0.2) is 9.34 Å². The lowest BCUT2D eigenvalue weighted by atomic mass is 9.99. The van der Waals surface area contributed by atoms with Crippen LogP contribution in [0.4, 0.5) is 0 Å². The van der Waals surface area contributed by atoms with Gasteiger partial charge in [-0.1, -0.05) is 11.8 Å². The maximum absolute atomic E-state index is 12.3. The topological polar surface area (TPSA) is 54.5 Å². The third kappa shape index (κ3) is 10.3. The second-order valence-electron chi connectivity index (χ2n) is 9.32. The molecule has 1 heterocycles. The Balaban J connectivity index is 2.43. The molecule has 0 radical (unpaired) electrons. The average molecular weight is 480 g/mol. The van der Waals surface area contributed by atoms with Crippen LogP contribution in [0.3, 0.4) is 0 Å². The summed E-state index contributed by atoms with van der Waals surface area (Å²) in [6, 6.07) is 1.46. The predicted octanol–water partition coefficient (Wildman–Crippen LogP) is 4.97. The van der Waals surface area contributed by atoms with Crippen molar-refractivity contribution < 1.29 is 18.8 Å². The molecule has 1 rings (SSSR count). The van der Waals surface area contributed by atoms with Crippen molar-refractivity contribution in [1.82, 2.24) is 14.2 Å². The third-order valence-corrected chi connectivity index (χ3v) is 9.14. The highest BCUT2D eigenvalue weighted by atomic mass is 32.2. The van der Waals surface area contributed by atoms with Crippen LogP contribution in [0.15, 0.2) is 0 Å². The average Bonchev–Trinajstić information content (AvgIpc) is 2.66. The van der Waals surface area contributed by atoms with Crippen LogP contribution in [0.5, 0.6) is 0 Å². The van der Waals surface area contributed by atoms with E-state index in [0.717, 1.165) is 25.9 Å². The van der Waals surface area contributed by atoms with E-state index in [1.54, 1.807) is 0 Å². The number of hydrogen-bond donors (Lipinski definition) is 0. The summed E-state index contributed by atoms with van der Waals surface area (Å²) in [5.74, 6) is 0.488. The molecule has 0 N–H and O–H groups in total. The van der Waals surface area contributed by atoms with E-state index in [2.05, 4.69) is 76.7 Å². The smallest absolute Gasteiger partial charge is 0.194 e. The Hall–Kier alpha value is 0.210. The highest BCUT2D eigenvalue weighted by Gasteiger charge is 2.34. The molecule has 1 fully saturated rings. The molecule has 0 aromatic rings. The van der Waals surface area contributed by atoms with E-state index in [1.807, 2.05) is 0 Å². The molecule has 0 aromatic heterocycles. The molecule has 0 atom stereocenters. The molecule has 0 aliphatic carbocycles. The number of ether oxygens (including phenoxy) is 2. The molecule has 1 saturated heterocycles. The van der Waals surface area contributed by atoms with Crippen LogP contribution in [0.1, 0.15) is 68.2 Å². The Morgan fingerprint density at radius 2 is 1.39 bits per heavy atom. The minimum absolute atomic E-state index is 0.129. The maximum atomic E-state index is 12.3. The summed E-state index contributed by atoms with van der Waals surface area (Å²) in [6.07, 6.45) is 1.89. The SMILES string of the molecule is CC(C)N(C(C)C)P(OCOCOCSC(=O)C1CCN(C)CC1)N(C(C)C)C(C)C. The lowest BCUT2D eigenvalue weighted by molar-refractivity contribution is -0.115. The molecule has 31 heavy (non-hydrogen) atoms. The minimum atomic E-state index is -0.970. The summed E-state index contributed by atoms with van der Waals surface area (Å²) in [5, 5.41) is 0.238. The van der Waals surface area contributed by atoms with Gasteiger partial charge in [-0.05, 0) is 88.4 Å². The highest BCUT2D eigenvalue weighted by molar-refractivity contribution is 8.13. The molecule has 184 valence electrons. The van der Waals surface area contributed by atoms with Crippen molar-refractivity contribution in [2.75, 3.05) is 39.7 Å². The van der Waals surface area contributed by atoms with Crippen molar-refractivity contribution in [3.05, 3.63) is 0 Å². The van der Waals surface area contributed by atoms with Crippen LogP contribution >= 0.6 is 20.2 Å². The van der Waals surface area contributed by atoms with E-state index in [0.29, 0.717) is 30.1 Å². The molecule has 0 bridgehead atoms. The molecular formula is C22H46N3O4PS.